The summed E-state index contributed by atoms with van der Waals surface area (Å²) in [7, 11) is 0. The molecule has 0 fully saturated rings. The first-order valence-electron chi connectivity index (χ1n) is 36.3. The van der Waals surface area contributed by atoms with Gasteiger partial charge in [-0.3, -0.25) is 0 Å². The Labute approximate surface area is 489 Å². The predicted molar refractivity (Wildman–Crippen MR) is 359 cm³/mol. The van der Waals surface area contributed by atoms with E-state index in [0.717, 1.165) is 23.6 Å². The van der Waals surface area contributed by atoms with E-state index in [-0.39, 0.29) is 0 Å². The van der Waals surface area contributed by atoms with Crippen molar-refractivity contribution in [3.05, 3.63) is 0 Å². The Bertz CT molecular complexity index is 893. The van der Waals surface area contributed by atoms with Gasteiger partial charge in [0.05, 0.1) is 0 Å². The van der Waals surface area contributed by atoms with Crippen molar-refractivity contribution in [2.75, 3.05) is 0 Å². The molecule has 0 aliphatic heterocycles. The second-order valence-electron chi connectivity index (χ2n) is 26.8. The van der Waals surface area contributed by atoms with Gasteiger partial charge in [0.15, 0.2) is 0 Å². The van der Waals surface area contributed by atoms with Gasteiger partial charge in [-0.05, 0) is 0 Å². The Morgan fingerprint density at radius 2 is 0.280 bits per heavy atom. The molecule has 0 aromatic rings. The summed E-state index contributed by atoms with van der Waals surface area (Å²) in [5.41, 5.74) is 0. The summed E-state index contributed by atoms with van der Waals surface area (Å²) >= 11 is -6.16. The van der Waals surface area contributed by atoms with Crippen LogP contribution in [0.2, 0.25) is 23.6 Å². The molecule has 0 heterocycles. The summed E-state index contributed by atoms with van der Waals surface area (Å²) in [5.74, 6) is 0. The van der Waals surface area contributed by atoms with Crippen molar-refractivity contribution < 1.29 is 0 Å². The van der Waals surface area contributed by atoms with Gasteiger partial charge < -0.3 is 0 Å². The van der Waals surface area contributed by atoms with Crippen LogP contribution in [0.3, 0.4) is 0 Å². The van der Waals surface area contributed by atoms with E-state index in [1.807, 2.05) is 0 Å². The number of hydrogen-bond acceptors (Lipinski definition) is 1. The van der Waals surface area contributed by atoms with E-state index in [1.165, 1.54) is 308 Å². The molecule has 0 N–H and O–H groups in total. The Kier molecular flexibility index (Phi) is 57.9. The van der Waals surface area contributed by atoms with Crippen LogP contribution in [0.4, 0.5) is 0 Å². The second-order valence-corrected chi connectivity index (χ2v) is 76.6. The molecule has 0 aromatic carbocycles. The summed E-state index contributed by atoms with van der Waals surface area (Å²) in [6, 6.07) is 0. The standard InChI is InChI=1S/6C12H25.S.2Sn/c6*1-3-5-7-9-11-12-10-8-6-4-2;;;/h6*3H,4-12H2,1-2H3;;;. The van der Waals surface area contributed by atoms with E-state index in [0.29, 0.717) is 0 Å². The topological polar surface area (TPSA) is 0 Å². The van der Waals surface area contributed by atoms with Gasteiger partial charge in [0.1, 0.15) is 0 Å². The molecule has 0 amide bonds. The third-order valence-corrected chi connectivity index (χ3v) is 115. The molecule has 0 saturated heterocycles. The number of unbranched alkanes of at least 4 members (excludes halogenated alkanes) is 42. The van der Waals surface area contributed by atoms with Gasteiger partial charge in [0, 0.05) is 0 Å². The molecule has 0 aromatic heterocycles. The van der Waals surface area contributed by atoms with Crippen LogP contribution in [0.1, 0.15) is 430 Å². The summed E-state index contributed by atoms with van der Waals surface area (Å²) < 4.78 is 6.14. The minimum atomic E-state index is -3.08. The van der Waals surface area contributed by atoms with E-state index in [1.54, 1.807) is 38.5 Å². The quantitative estimate of drug-likeness (QED) is 0.0432. The van der Waals surface area contributed by atoms with Gasteiger partial charge in [-0.1, -0.05) is 0 Å². The molecule has 0 nitrogen and oxygen atoms in total. The molecule has 0 spiro atoms. The summed E-state index contributed by atoms with van der Waals surface area (Å²) in [4.78, 5) is 0. The Morgan fingerprint density at radius 3 is 0.400 bits per heavy atom. The summed E-state index contributed by atoms with van der Waals surface area (Å²) in [6.07, 6.45) is 83.4. The van der Waals surface area contributed by atoms with Crippen molar-refractivity contribution in [2.24, 2.45) is 0 Å². The van der Waals surface area contributed by atoms with E-state index < -0.39 is 34.0 Å². The van der Waals surface area contributed by atoms with Crippen molar-refractivity contribution in [3.8, 4) is 0 Å². The SMILES string of the molecule is CCCCCCCCCC[CH](C)[Sn]([S][Sn]([CH](C)CCCCCCCCCC)([CH](C)CCCCCCCCCC)[CH](C)CCCCCCCCCC)([CH](C)CCCCCCCCCC)[CH](C)CCCCCCCCCC. The fourth-order valence-electron chi connectivity index (χ4n) is 14.7. The van der Waals surface area contributed by atoms with Gasteiger partial charge >= 0.3 is 494 Å². The summed E-state index contributed by atoms with van der Waals surface area (Å²) in [6.45, 7) is 32.2. The van der Waals surface area contributed by atoms with Crippen molar-refractivity contribution in [1.29, 1.82) is 0 Å². The molecule has 0 radical (unpaired) electrons. The zero-order valence-electron chi connectivity index (χ0n) is 55.1. The molecule has 0 rings (SSSR count). The van der Waals surface area contributed by atoms with Gasteiger partial charge in [-0.25, -0.2) is 0 Å². The fraction of sp³-hybridized carbons (Fsp3) is 1.00. The molecule has 6 unspecified atom stereocenters. The van der Waals surface area contributed by atoms with Crippen molar-refractivity contribution in [3.63, 3.8) is 0 Å². The molecule has 0 aliphatic carbocycles. The van der Waals surface area contributed by atoms with Crippen LogP contribution >= 0.6 is 6.13 Å². The molecule has 3 heteroatoms. The van der Waals surface area contributed by atoms with Crippen molar-refractivity contribution in [2.45, 2.75) is 453 Å². The maximum absolute atomic E-state index is 3.22. The predicted octanol–water partition coefficient (Wildman–Crippen LogP) is 29.1. The first-order valence-corrected chi connectivity index (χ1v) is 54.0. The molecular weight excluding hydrogens is 1130 g/mol. The number of rotatable bonds is 62. The first kappa shape index (κ1) is 76.9. The Morgan fingerprint density at radius 1 is 0.173 bits per heavy atom. The van der Waals surface area contributed by atoms with Gasteiger partial charge in [0.2, 0.25) is 0 Å². The molecule has 0 saturated carbocycles. The average Bonchev–Trinajstić information content (AvgIpc) is 3.40. The summed E-state index contributed by atoms with van der Waals surface area (Å²) in [5, 5.41) is 0. The van der Waals surface area contributed by atoms with Crippen molar-refractivity contribution >= 4 is 40.1 Å². The van der Waals surface area contributed by atoms with E-state index >= 15 is 0 Å². The second kappa shape index (κ2) is 56.4. The van der Waals surface area contributed by atoms with Gasteiger partial charge in [-0.2, -0.15) is 0 Å². The molecule has 6 atom stereocenters. The third-order valence-electron chi connectivity index (χ3n) is 19.9. The van der Waals surface area contributed by atoms with Crippen LogP contribution in [0.25, 0.3) is 0 Å². The number of hydrogen-bond donors (Lipinski definition) is 0. The zero-order valence-corrected chi connectivity index (χ0v) is 61.6. The molecular formula is C72H150SSn2. The Hall–Kier alpha value is 1.95. The van der Waals surface area contributed by atoms with Gasteiger partial charge in [-0.15, -0.1) is 0 Å². The fourth-order valence-corrected chi connectivity index (χ4v) is 169. The van der Waals surface area contributed by atoms with Crippen LogP contribution in [-0.4, -0.2) is 34.0 Å². The molecule has 0 bridgehead atoms. The van der Waals surface area contributed by atoms with Crippen LogP contribution < -0.4 is 0 Å². The van der Waals surface area contributed by atoms with Crippen LogP contribution in [0.5, 0.6) is 0 Å². The van der Waals surface area contributed by atoms with Gasteiger partial charge in [0.25, 0.3) is 0 Å². The van der Waals surface area contributed by atoms with Crippen LogP contribution in [0, 0.1) is 0 Å². The van der Waals surface area contributed by atoms with E-state index in [4.69, 9.17) is 0 Å². The molecule has 452 valence electrons. The Balaban J connectivity index is 7.54. The minimum absolute atomic E-state index is 1.02. The zero-order chi connectivity index (χ0) is 55.4. The van der Waals surface area contributed by atoms with E-state index in [9.17, 15) is 0 Å². The van der Waals surface area contributed by atoms with Crippen LogP contribution in [0.15, 0.2) is 0 Å². The normalized spacial score (nSPS) is 16.2. The molecule has 75 heavy (non-hydrogen) atoms. The van der Waals surface area contributed by atoms with Crippen LogP contribution in [-0.2, 0) is 0 Å². The first-order chi connectivity index (χ1) is 36.6. The average molecular weight is 1290 g/mol. The third kappa shape index (κ3) is 38.4. The molecule has 0 aliphatic rings. The van der Waals surface area contributed by atoms with Crippen molar-refractivity contribution in [1.82, 2.24) is 0 Å². The monoisotopic (exact) mass is 1290 g/mol. The van der Waals surface area contributed by atoms with E-state index in [2.05, 4.69) is 89.2 Å². The maximum atomic E-state index is 3.22.